The third kappa shape index (κ3) is 2.90. The summed E-state index contributed by atoms with van der Waals surface area (Å²) in [6.07, 6.45) is 0. The van der Waals surface area contributed by atoms with Crippen molar-refractivity contribution in [2.75, 3.05) is 0 Å². The zero-order valence-corrected chi connectivity index (χ0v) is 12.8. The molecule has 2 aromatic rings. The molecule has 0 aliphatic heterocycles. The van der Waals surface area contributed by atoms with Crippen LogP contribution in [0.1, 0.15) is 21.5 Å². The molecule has 0 spiro atoms. The molecule has 19 heavy (non-hydrogen) atoms. The Kier molecular flexibility index (Phi) is 4.42. The van der Waals surface area contributed by atoms with Gasteiger partial charge >= 0.3 is 0 Å². The van der Waals surface area contributed by atoms with Gasteiger partial charge in [-0.15, -0.1) is 0 Å². The highest BCUT2D eigenvalue weighted by Gasteiger charge is 2.19. The summed E-state index contributed by atoms with van der Waals surface area (Å²) < 4.78 is 0. The molecule has 5 heteroatoms. The van der Waals surface area contributed by atoms with Crippen molar-refractivity contribution in [1.82, 2.24) is 0 Å². The van der Waals surface area contributed by atoms with Gasteiger partial charge in [0.2, 0.25) is 0 Å². The average Bonchev–Trinajstić information content (AvgIpc) is 2.31. The van der Waals surface area contributed by atoms with E-state index in [1.54, 1.807) is 25.1 Å². The molecular weight excluding hydrogens is 326 g/mol. The quantitative estimate of drug-likeness (QED) is 0.631. The number of hydrogen-bond donors (Lipinski definition) is 0. The maximum atomic E-state index is 12.5. The van der Waals surface area contributed by atoms with Crippen molar-refractivity contribution in [1.29, 1.82) is 0 Å². The average molecular weight is 334 g/mol. The zero-order valence-electron chi connectivity index (χ0n) is 9.81. The maximum Gasteiger partial charge on any atom is 0.196 e. The largest absolute Gasteiger partial charge is 0.288 e. The topological polar surface area (TPSA) is 17.1 Å². The minimum Gasteiger partial charge on any atom is -0.288 e. The van der Waals surface area contributed by atoms with Gasteiger partial charge in [-0.3, -0.25) is 4.79 Å². The molecule has 0 atom stereocenters. The summed E-state index contributed by atoms with van der Waals surface area (Å²) in [6.45, 7) is 1.77. The van der Waals surface area contributed by atoms with Gasteiger partial charge in [-0.25, -0.2) is 0 Å². The van der Waals surface area contributed by atoms with E-state index in [9.17, 15) is 4.79 Å². The summed E-state index contributed by atoms with van der Waals surface area (Å²) in [6, 6.07) is 8.09. The first-order chi connectivity index (χ1) is 8.91. The molecule has 0 saturated carbocycles. The van der Waals surface area contributed by atoms with E-state index in [0.717, 1.165) is 0 Å². The molecule has 0 aromatic heterocycles. The van der Waals surface area contributed by atoms with Crippen molar-refractivity contribution in [2.24, 2.45) is 0 Å². The first-order valence-corrected chi connectivity index (χ1v) is 6.87. The molecule has 0 fully saturated rings. The van der Waals surface area contributed by atoms with E-state index in [1.165, 1.54) is 12.1 Å². The van der Waals surface area contributed by atoms with Crippen LogP contribution >= 0.6 is 46.4 Å². The Morgan fingerprint density at radius 1 is 0.947 bits per heavy atom. The first kappa shape index (κ1) is 14.7. The van der Waals surface area contributed by atoms with E-state index in [0.29, 0.717) is 21.2 Å². The van der Waals surface area contributed by atoms with Crippen molar-refractivity contribution < 1.29 is 4.79 Å². The number of ketones is 1. The Morgan fingerprint density at radius 2 is 1.53 bits per heavy atom. The van der Waals surface area contributed by atoms with Crippen LogP contribution in [-0.2, 0) is 0 Å². The summed E-state index contributed by atoms with van der Waals surface area (Å²) in [5, 5.41) is 1.35. The molecule has 98 valence electrons. The van der Waals surface area contributed by atoms with E-state index in [-0.39, 0.29) is 21.4 Å². The Bertz CT molecular complexity index is 641. The van der Waals surface area contributed by atoms with Crippen molar-refractivity contribution in [2.45, 2.75) is 6.92 Å². The molecule has 0 saturated heterocycles. The van der Waals surface area contributed by atoms with E-state index < -0.39 is 0 Å². The van der Waals surface area contributed by atoms with Gasteiger partial charge in [0, 0.05) is 15.6 Å². The lowest BCUT2D eigenvalue weighted by Gasteiger charge is -2.10. The van der Waals surface area contributed by atoms with Crippen molar-refractivity contribution in [3.05, 3.63) is 67.1 Å². The minimum atomic E-state index is -0.272. The van der Waals surface area contributed by atoms with Gasteiger partial charge < -0.3 is 0 Å². The number of carbonyl (C=O) groups is 1. The highest BCUT2D eigenvalue weighted by molar-refractivity contribution is 6.43. The summed E-state index contributed by atoms with van der Waals surface area (Å²) >= 11 is 23.9. The van der Waals surface area contributed by atoms with Crippen LogP contribution in [0.3, 0.4) is 0 Å². The first-order valence-electron chi connectivity index (χ1n) is 5.36. The molecule has 0 unspecified atom stereocenters. The van der Waals surface area contributed by atoms with Crippen molar-refractivity contribution in [3.63, 3.8) is 0 Å². The Hall–Kier alpha value is -0.730. The predicted octanol–water partition coefficient (Wildman–Crippen LogP) is 5.84. The van der Waals surface area contributed by atoms with Crippen LogP contribution in [0.25, 0.3) is 0 Å². The highest BCUT2D eigenvalue weighted by atomic mass is 35.5. The number of halogens is 4. The van der Waals surface area contributed by atoms with Gasteiger partial charge in [0.15, 0.2) is 5.78 Å². The Morgan fingerprint density at radius 3 is 2.11 bits per heavy atom. The Balaban J connectivity index is 2.60. The smallest absolute Gasteiger partial charge is 0.196 e. The third-order valence-electron chi connectivity index (χ3n) is 2.75. The van der Waals surface area contributed by atoms with Gasteiger partial charge in [0.1, 0.15) is 0 Å². The van der Waals surface area contributed by atoms with Gasteiger partial charge in [-0.2, -0.15) is 0 Å². The van der Waals surface area contributed by atoms with Gasteiger partial charge in [0.05, 0.1) is 15.6 Å². The number of carbonyl (C=O) groups excluding carboxylic acids is 1. The van der Waals surface area contributed by atoms with Crippen LogP contribution in [0.2, 0.25) is 20.1 Å². The van der Waals surface area contributed by atoms with Crippen LogP contribution in [0.5, 0.6) is 0 Å². The molecule has 2 aromatic carbocycles. The molecule has 1 nitrogen and oxygen atoms in total. The summed E-state index contributed by atoms with van der Waals surface area (Å²) in [5.41, 5.74) is 1.40. The van der Waals surface area contributed by atoms with Crippen LogP contribution in [-0.4, -0.2) is 5.78 Å². The second-order valence-electron chi connectivity index (χ2n) is 3.99. The van der Waals surface area contributed by atoms with Crippen LogP contribution in [0, 0.1) is 6.92 Å². The third-order valence-corrected chi connectivity index (χ3v) is 3.97. The molecule has 0 aliphatic rings. The minimum absolute atomic E-state index is 0.224. The summed E-state index contributed by atoms with van der Waals surface area (Å²) in [4.78, 5) is 12.5. The molecular formula is C14H8Cl4O. The van der Waals surface area contributed by atoms with E-state index in [2.05, 4.69) is 0 Å². The lowest BCUT2D eigenvalue weighted by atomic mass is 9.99. The fraction of sp³-hybridized carbons (Fsp3) is 0.0714. The number of benzene rings is 2. The fourth-order valence-corrected chi connectivity index (χ4v) is 2.91. The van der Waals surface area contributed by atoms with Crippen LogP contribution in [0.4, 0.5) is 0 Å². The molecule has 0 heterocycles. The molecule has 0 radical (unpaired) electrons. The summed E-state index contributed by atoms with van der Waals surface area (Å²) in [5.74, 6) is -0.272. The zero-order chi connectivity index (χ0) is 14.2. The number of hydrogen-bond acceptors (Lipinski definition) is 1. The standard InChI is InChI=1S/C14H8Cl4O/c1-7-9(3-2-4-10(7)16)14(19)13-11(17)5-8(15)6-12(13)18/h2-6H,1H3. The van der Waals surface area contributed by atoms with E-state index >= 15 is 0 Å². The fourth-order valence-electron chi connectivity index (χ4n) is 1.75. The van der Waals surface area contributed by atoms with Crippen LogP contribution in [0.15, 0.2) is 30.3 Å². The van der Waals surface area contributed by atoms with Crippen molar-refractivity contribution in [3.8, 4) is 0 Å². The predicted molar refractivity (Wildman–Crippen MR) is 81.1 cm³/mol. The second kappa shape index (κ2) is 5.72. The normalized spacial score (nSPS) is 10.6. The van der Waals surface area contributed by atoms with Gasteiger partial charge in [0.25, 0.3) is 0 Å². The molecule has 0 aliphatic carbocycles. The molecule has 0 bridgehead atoms. The van der Waals surface area contributed by atoms with Crippen LogP contribution < -0.4 is 0 Å². The maximum absolute atomic E-state index is 12.5. The highest BCUT2D eigenvalue weighted by Crippen LogP contribution is 2.32. The molecule has 2 rings (SSSR count). The van der Waals surface area contributed by atoms with E-state index in [4.69, 9.17) is 46.4 Å². The van der Waals surface area contributed by atoms with Gasteiger partial charge in [-0.1, -0.05) is 58.5 Å². The monoisotopic (exact) mass is 332 g/mol. The molecule has 0 N–H and O–H groups in total. The second-order valence-corrected chi connectivity index (χ2v) is 5.64. The lowest BCUT2D eigenvalue weighted by Crippen LogP contribution is -2.05. The Labute approximate surface area is 131 Å². The number of rotatable bonds is 2. The SMILES string of the molecule is Cc1c(Cl)cccc1C(=O)c1c(Cl)cc(Cl)cc1Cl. The van der Waals surface area contributed by atoms with Gasteiger partial charge in [-0.05, 0) is 30.7 Å². The van der Waals surface area contributed by atoms with Crippen molar-refractivity contribution >= 4 is 52.2 Å². The summed E-state index contributed by atoms with van der Waals surface area (Å²) in [7, 11) is 0. The van der Waals surface area contributed by atoms with E-state index in [1.807, 2.05) is 0 Å². The lowest BCUT2D eigenvalue weighted by molar-refractivity contribution is 0.103. The molecule has 0 amide bonds.